The summed E-state index contributed by atoms with van der Waals surface area (Å²) >= 11 is 0. The summed E-state index contributed by atoms with van der Waals surface area (Å²) in [6.07, 6.45) is 17.4. The predicted octanol–water partition coefficient (Wildman–Crippen LogP) is 3.98. The van der Waals surface area contributed by atoms with E-state index in [2.05, 4.69) is 32.8 Å². The van der Waals surface area contributed by atoms with E-state index in [4.69, 9.17) is 0 Å². The van der Waals surface area contributed by atoms with Crippen molar-refractivity contribution in [2.45, 2.75) is 38.1 Å². The van der Waals surface area contributed by atoms with Crippen LogP contribution in [-0.2, 0) is 0 Å². The molecule has 2 aliphatic rings. The Labute approximate surface area is 119 Å². The van der Waals surface area contributed by atoms with Crippen LogP contribution in [0.2, 0.25) is 0 Å². The van der Waals surface area contributed by atoms with Crippen LogP contribution in [0.25, 0.3) is 11.3 Å². The fourth-order valence-corrected chi connectivity index (χ4v) is 3.51. The quantitative estimate of drug-likeness (QED) is 0.769. The van der Waals surface area contributed by atoms with E-state index < -0.39 is 0 Å². The van der Waals surface area contributed by atoms with Gasteiger partial charge in [0.1, 0.15) is 0 Å². The summed E-state index contributed by atoms with van der Waals surface area (Å²) in [5.74, 6) is 0.753. The normalized spacial score (nSPS) is 22.1. The van der Waals surface area contributed by atoms with Crippen molar-refractivity contribution < 1.29 is 0 Å². The largest absolute Gasteiger partial charge is 0.318 e. The molecule has 4 rings (SSSR count). The van der Waals surface area contributed by atoms with Gasteiger partial charge in [-0.2, -0.15) is 0 Å². The third-order valence-corrected chi connectivity index (χ3v) is 4.58. The first-order valence-corrected chi connectivity index (χ1v) is 7.59. The third kappa shape index (κ3) is 1.89. The van der Waals surface area contributed by atoms with Crippen LogP contribution < -0.4 is 0 Å². The fourth-order valence-electron chi connectivity index (χ4n) is 3.51. The van der Waals surface area contributed by atoms with Crippen LogP contribution in [0.1, 0.15) is 43.8 Å². The molecule has 1 fully saturated rings. The Morgan fingerprint density at radius 1 is 1.15 bits per heavy atom. The van der Waals surface area contributed by atoms with Gasteiger partial charge in [-0.05, 0) is 30.9 Å². The lowest BCUT2D eigenvalue weighted by atomic mass is 9.88. The van der Waals surface area contributed by atoms with E-state index in [0.29, 0.717) is 0 Å². The van der Waals surface area contributed by atoms with Crippen LogP contribution in [-0.4, -0.2) is 14.5 Å². The topological polar surface area (TPSA) is 30.7 Å². The molecule has 0 aromatic carbocycles. The molecular weight excluding hydrogens is 246 g/mol. The monoisotopic (exact) mass is 265 g/mol. The first-order valence-electron chi connectivity index (χ1n) is 7.59. The van der Waals surface area contributed by atoms with Crippen LogP contribution in [0.4, 0.5) is 0 Å². The molecule has 2 aromatic rings. The summed E-state index contributed by atoms with van der Waals surface area (Å²) in [4.78, 5) is 8.88. The molecule has 0 amide bonds. The van der Waals surface area contributed by atoms with Crippen molar-refractivity contribution in [2.75, 3.05) is 0 Å². The molecule has 1 aliphatic carbocycles. The van der Waals surface area contributed by atoms with Crippen molar-refractivity contribution in [3.8, 4) is 11.3 Å². The average Bonchev–Trinajstić information content (AvgIpc) is 3.07. The lowest BCUT2D eigenvalue weighted by Gasteiger charge is -2.18. The van der Waals surface area contributed by atoms with Gasteiger partial charge in [-0.3, -0.25) is 4.98 Å². The van der Waals surface area contributed by atoms with Crippen molar-refractivity contribution in [3.05, 3.63) is 48.7 Å². The molecule has 102 valence electrons. The number of fused-ring (bicyclic) bond motifs is 3. The Morgan fingerprint density at radius 3 is 2.95 bits per heavy atom. The summed E-state index contributed by atoms with van der Waals surface area (Å²) < 4.78 is 2.23. The molecule has 20 heavy (non-hydrogen) atoms. The number of aromatic nitrogens is 3. The lowest BCUT2D eigenvalue weighted by molar-refractivity contribution is 0.418. The molecule has 3 heteroatoms. The molecule has 0 bridgehead atoms. The van der Waals surface area contributed by atoms with Gasteiger partial charge in [-0.1, -0.05) is 31.4 Å². The van der Waals surface area contributed by atoms with Crippen molar-refractivity contribution in [1.29, 1.82) is 0 Å². The van der Waals surface area contributed by atoms with E-state index in [1.807, 2.05) is 24.8 Å². The summed E-state index contributed by atoms with van der Waals surface area (Å²) in [6, 6.07) is 4.37. The molecule has 0 saturated heterocycles. The van der Waals surface area contributed by atoms with Crippen molar-refractivity contribution in [2.24, 2.45) is 5.92 Å². The molecule has 1 saturated carbocycles. The lowest BCUT2D eigenvalue weighted by Crippen LogP contribution is -2.06. The summed E-state index contributed by atoms with van der Waals surface area (Å²) in [5.41, 5.74) is 3.58. The number of hydrogen-bond donors (Lipinski definition) is 0. The van der Waals surface area contributed by atoms with Gasteiger partial charge in [0.05, 0.1) is 30.0 Å². The maximum atomic E-state index is 4.59. The van der Waals surface area contributed by atoms with Crippen molar-refractivity contribution in [3.63, 3.8) is 0 Å². The molecule has 1 unspecified atom stereocenters. The second-order valence-electron chi connectivity index (χ2n) is 5.85. The van der Waals surface area contributed by atoms with Gasteiger partial charge in [-0.25, -0.2) is 4.98 Å². The molecule has 3 heterocycles. The first kappa shape index (κ1) is 11.9. The van der Waals surface area contributed by atoms with Gasteiger partial charge in [0.15, 0.2) is 0 Å². The second-order valence-corrected chi connectivity index (χ2v) is 5.85. The molecule has 0 radical (unpaired) electrons. The van der Waals surface area contributed by atoms with Gasteiger partial charge in [0.2, 0.25) is 0 Å². The molecule has 2 aromatic heterocycles. The zero-order valence-electron chi connectivity index (χ0n) is 11.6. The minimum atomic E-state index is 0.227. The highest BCUT2D eigenvalue weighted by Gasteiger charge is 2.27. The van der Waals surface area contributed by atoms with Crippen LogP contribution in [0.15, 0.2) is 43.0 Å². The Hall–Kier alpha value is -1.90. The fraction of sp³-hybridized carbons (Fsp3) is 0.412. The molecule has 1 atom stereocenters. The zero-order valence-corrected chi connectivity index (χ0v) is 11.6. The number of imidazole rings is 1. The van der Waals surface area contributed by atoms with Crippen LogP contribution in [0.3, 0.4) is 0 Å². The van der Waals surface area contributed by atoms with Crippen LogP contribution in [0, 0.1) is 5.92 Å². The molecule has 1 aliphatic heterocycles. The summed E-state index contributed by atoms with van der Waals surface area (Å²) in [7, 11) is 0. The second kappa shape index (κ2) is 4.89. The maximum absolute atomic E-state index is 4.59. The Bertz CT molecular complexity index is 635. The maximum Gasteiger partial charge on any atom is 0.0962 e. The number of pyridine rings is 1. The van der Waals surface area contributed by atoms with E-state index in [0.717, 1.165) is 11.6 Å². The van der Waals surface area contributed by atoms with E-state index in [1.54, 1.807) is 0 Å². The number of nitrogens with zero attached hydrogens (tertiary/aromatic N) is 3. The summed E-state index contributed by atoms with van der Waals surface area (Å²) in [5, 5.41) is 0. The van der Waals surface area contributed by atoms with E-state index in [1.165, 1.54) is 43.4 Å². The van der Waals surface area contributed by atoms with E-state index in [9.17, 15) is 0 Å². The Kier molecular flexibility index (Phi) is 2.91. The predicted molar refractivity (Wildman–Crippen MR) is 79.3 cm³/mol. The van der Waals surface area contributed by atoms with Crippen molar-refractivity contribution in [1.82, 2.24) is 14.5 Å². The SMILES string of the molecule is C(=C\C1c2ncccc2-c2cncn21)/C1CCCCC1. The Morgan fingerprint density at radius 2 is 2.05 bits per heavy atom. The van der Waals surface area contributed by atoms with E-state index in [-0.39, 0.29) is 6.04 Å². The summed E-state index contributed by atoms with van der Waals surface area (Å²) in [6.45, 7) is 0. The minimum Gasteiger partial charge on any atom is -0.318 e. The van der Waals surface area contributed by atoms with Gasteiger partial charge in [-0.15, -0.1) is 0 Å². The van der Waals surface area contributed by atoms with Gasteiger partial charge in [0, 0.05) is 11.8 Å². The standard InChI is InChI=1S/C17H19N3/c1-2-5-13(6-3-1)8-9-15-17-14(7-4-10-19-17)16-11-18-12-20(15)16/h4,7-13,15H,1-3,5-6H2/b9-8+. The molecule has 3 nitrogen and oxygen atoms in total. The van der Waals surface area contributed by atoms with E-state index >= 15 is 0 Å². The average molecular weight is 265 g/mol. The van der Waals surface area contributed by atoms with Gasteiger partial charge >= 0.3 is 0 Å². The first-order chi connectivity index (χ1) is 9.93. The zero-order chi connectivity index (χ0) is 13.4. The van der Waals surface area contributed by atoms with Crippen molar-refractivity contribution >= 4 is 0 Å². The highest BCUT2D eigenvalue weighted by Crippen LogP contribution is 2.38. The minimum absolute atomic E-state index is 0.227. The number of allylic oxidation sites excluding steroid dienone is 2. The number of hydrogen-bond acceptors (Lipinski definition) is 2. The number of rotatable bonds is 2. The highest BCUT2D eigenvalue weighted by molar-refractivity contribution is 5.67. The van der Waals surface area contributed by atoms with Gasteiger partial charge in [0.25, 0.3) is 0 Å². The molecular formula is C17H19N3. The smallest absolute Gasteiger partial charge is 0.0962 e. The molecule has 0 N–H and O–H groups in total. The Balaban J connectivity index is 1.66. The highest BCUT2D eigenvalue weighted by atomic mass is 15.1. The van der Waals surface area contributed by atoms with Gasteiger partial charge < -0.3 is 4.57 Å². The van der Waals surface area contributed by atoms with Crippen LogP contribution in [0.5, 0.6) is 0 Å². The van der Waals surface area contributed by atoms with Crippen LogP contribution >= 0.6 is 0 Å². The molecule has 0 spiro atoms. The third-order valence-electron chi connectivity index (χ3n) is 4.58.